The topological polar surface area (TPSA) is 58.6 Å². The fraction of sp³-hybridized carbons (Fsp3) is 0.235. The Kier molecular flexibility index (Phi) is 5.81. The van der Waals surface area contributed by atoms with E-state index in [9.17, 15) is 9.90 Å². The molecule has 0 aliphatic rings. The van der Waals surface area contributed by atoms with Crippen LogP contribution in [0.1, 0.15) is 15.9 Å². The zero-order valence-electron chi connectivity index (χ0n) is 12.3. The predicted molar refractivity (Wildman–Crippen MR) is 86.5 cm³/mol. The van der Waals surface area contributed by atoms with E-state index in [0.29, 0.717) is 17.2 Å². The lowest BCUT2D eigenvalue weighted by molar-refractivity contribution is 0.0913. The van der Waals surface area contributed by atoms with E-state index in [1.54, 1.807) is 18.2 Å². The highest BCUT2D eigenvalue weighted by Crippen LogP contribution is 2.25. The molecule has 0 heterocycles. The van der Waals surface area contributed by atoms with Crippen LogP contribution in [0.2, 0.25) is 5.02 Å². The predicted octanol–water partition coefficient (Wildman–Crippen LogP) is 2.68. The van der Waals surface area contributed by atoms with Crippen molar-refractivity contribution in [3.05, 3.63) is 64.7 Å². The number of amides is 1. The molecule has 0 fully saturated rings. The first-order valence-electron chi connectivity index (χ1n) is 6.94. The van der Waals surface area contributed by atoms with Crippen LogP contribution < -0.4 is 10.1 Å². The van der Waals surface area contributed by atoms with Crippen LogP contribution >= 0.6 is 11.6 Å². The smallest absolute Gasteiger partial charge is 0.256 e. The quantitative estimate of drug-likeness (QED) is 0.860. The van der Waals surface area contributed by atoms with Gasteiger partial charge in [0.05, 0.1) is 23.8 Å². The number of ether oxygens (including phenoxy) is 1. The summed E-state index contributed by atoms with van der Waals surface area (Å²) < 4.78 is 5.14. The fourth-order valence-electron chi connectivity index (χ4n) is 2.15. The van der Waals surface area contributed by atoms with E-state index < -0.39 is 6.10 Å². The Morgan fingerprint density at radius 3 is 2.64 bits per heavy atom. The third-order valence-electron chi connectivity index (χ3n) is 3.23. The van der Waals surface area contributed by atoms with Gasteiger partial charge in [0.25, 0.3) is 5.91 Å². The summed E-state index contributed by atoms with van der Waals surface area (Å²) >= 11 is 6.04. The zero-order valence-corrected chi connectivity index (χ0v) is 13.0. The van der Waals surface area contributed by atoms with E-state index in [4.69, 9.17) is 16.3 Å². The second kappa shape index (κ2) is 7.82. The van der Waals surface area contributed by atoms with Crippen molar-refractivity contribution in [3.63, 3.8) is 0 Å². The number of carbonyl (C=O) groups excluding carboxylic acids is 1. The summed E-state index contributed by atoms with van der Waals surface area (Å²) in [5, 5.41) is 13.0. The molecule has 1 atom stereocenters. The van der Waals surface area contributed by atoms with Gasteiger partial charge < -0.3 is 15.2 Å². The molecule has 2 rings (SSSR count). The van der Waals surface area contributed by atoms with Gasteiger partial charge in [-0.15, -0.1) is 0 Å². The Bertz CT molecular complexity index is 631. The lowest BCUT2D eigenvalue weighted by Gasteiger charge is -2.14. The lowest BCUT2D eigenvalue weighted by atomic mass is 10.1. The van der Waals surface area contributed by atoms with Crippen LogP contribution in [-0.4, -0.2) is 30.8 Å². The number of benzene rings is 2. The molecule has 116 valence electrons. The Balaban J connectivity index is 1.95. The number of aliphatic hydroxyl groups is 1. The fourth-order valence-corrected chi connectivity index (χ4v) is 2.40. The molecule has 0 bridgehead atoms. The first-order valence-corrected chi connectivity index (χ1v) is 7.32. The van der Waals surface area contributed by atoms with E-state index in [1.807, 2.05) is 30.3 Å². The molecule has 0 radical (unpaired) electrons. The molecule has 0 saturated carbocycles. The van der Waals surface area contributed by atoms with Crippen molar-refractivity contribution in [2.75, 3.05) is 13.7 Å². The molecule has 0 aliphatic heterocycles. The van der Waals surface area contributed by atoms with Crippen molar-refractivity contribution < 1.29 is 14.6 Å². The number of hydrogen-bond acceptors (Lipinski definition) is 3. The van der Waals surface area contributed by atoms with Crippen LogP contribution in [-0.2, 0) is 6.42 Å². The van der Waals surface area contributed by atoms with Gasteiger partial charge in [0.15, 0.2) is 0 Å². The van der Waals surface area contributed by atoms with Crippen molar-refractivity contribution in [2.45, 2.75) is 12.5 Å². The Morgan fingerprint density at radius 2 is 1.95 bits per heavy atom. The van der Waals surface area contributed by atoms with Crippen molar-refractivity contribution >= 4 is 17.5 Å². The standard InChI is InChI=1S/C17H18ClNO3/c1-22-15-9-5-8-14(18)16(15)17(21)19-11-13(20)10-12-6-3-2-4-7-12/h2-9,13,20H,10-11H2,1H3,(H,19,21)/t13-/m1/s1. The highest BCUT2D eigenvalue weighted by molar-refractivity contribution is 6.34. The molecule has 0 aliphatic carbocycles. The second-order valence-corrected chi connectivity index (χ2v) is 5.28. The lowest BCUT2D eigenvalue weighted by Crippen LogP contribution is -2.33. The molecule has 4 nitrogen and oxygen atoms in total. The maximum atomic E-state index is 12.2. The van der Waals surface area contributed by atoms with Crippen LogP contribution in [0.25, 0.3) is 0 Å². The highest BCUT2D eigenvalue weighted by Gasteiger charge is 2.17. The molecule has 0 unspecified atom stereocenters. The van der Waals surface area contributed by atoms with Gasteiger partial charge in [0.1, 0.15) is 5.75 Å². The molecule has 0 saturated heterocycles. The minimum atomic E-state index is -0.667. The van der Waals surface area contributed by atoms with E-state index in [2.05, 4.69) is 5.32 Å². The van der Waals surface area contributed by atoms with Gasteiger partial charge in [-0.25, -0.2) is 0 Å². The van der Waals surface area contributed by atoms with Crippen LogP contribution in [0.3, 0.4) is 0 Å². The number of aliphatic hydroxyl groups excluding tert-OH is 1. The number of methoxy groups -OCH3 is 1. The van der Waals surface area contributed by atoms with Gasteiger partial charge >= 0.3 is 0 Å². The van der Waals surface area contributed by atoms with E-state index >= 15 is 0 Å². The van der Waals surface area contributed by atoms with E-state index in [1.165, 1.54) is 7.11 Å². The second-order valence-electron chi connectivity index (χ2n) is 4.87. The molecule has 1 amide bonds. The Morgan fingerprint density at radius 1 is 1.23 bits per heavy atom. The van der Waals surface area contributed by atoms with E-state index in [-0.39, 0.29) is 18.0 Å². The molecule has 5 heteroatoms. The van der Waals surface area contributed by atoms with Crippen LogP contribution in [0, 0.1) is 0 Å². The van der Waals surface area contributed by atoms with Crippen LogP contribution in [0.4, 0.5) is 0 Å². The van der Waals surface area contributed by atoms with Crippen molar-refractivity contribution in [3.8, 4) is 5.75 Å². The minimum Gasteiger partial charge on any atom is -0.496 e. The molecular weight excluding hydrogens is 302 g/mol. The molecule has 2 aromatic rings. The highest BCUT2D eigenvalue weighted by atomic mass is 35.5. The van der Waals surface area contributed by atoms with Crippen LogP contribution in [0.15, 0.2) is 48.5 Å². The van der Waals surface area contributed by atoms with E-state index in [0.717, 1.165) is 5.56 Å². The summed E-state index contributed by atoms with van der Waals surface area (Å²) in [6.07, 6.45) is -0.194. The third kappa shape index (κ3) is 4.23. The molecule has 22 heavy (non-hydrogen) atoms. The Hall–Kier alpha value is -2.04. The monoisotopic (exact) mass is 319 g/mol. The number of halogens is 1. The van der Waals surface area contributed by atoms with Crippen molar-refractivity contribution in [1.29, 1.82) is 0 Å². The largest absolute Gasteiger partial charge is 0.496 e. The van der Waals surface area contributed by atoms with Gasteiger partial charge in [-0.1, -0.05) is 48.0 Å². The number of carbonyl (C=O) groups is 1. The van der Waals surface area contributed by atoms with Gasteiger partial charge in [-0.2, -0.15) is 0 Å². The first-order chi connectivity index (χ1) is 10.6. The zero-order chi connectivity index (χ0) is 15.9. The molecule has 0 spiro atoms. The van der Waals surface area contributed by atoms with Gasteiger partial charge in [-0.05, 0) is 17.7 Å². The van der Waals surface area contributed by atoms with Crippen molar-refractivity contribution in [2.24, 2.45) is 0 Å². The maximum absolute atomic E-state index is 12.2. The van der Waals surface area contributed by atoms with Gasteiger partial charge in [-0.3, -0.25) is 4.79 Å². The SMILES string of the molecule is COc1cccc(Cl)c1C(=O)NC[C@H](O)Cc1ccccc1. The van der Waals surface area contributed by atoms with Crippen LogP contribution in [0.5, 0.6) is 5.75 Å². The molecule has 2 N–H and O–H groups in total. The summed E-state index contributed by atoms with van der Waals surface area (Å²) in [4.78, 5) is 12.2. The van der Waals surface area contributed by atoms with Gasteiger partial charge in [0.2, 0.25) is 0 Å². The minimum absolute atomic E-state index is 0.141. The Labute approximate surface area is 134 Å². The molecular formula is C17H18ClNO3. The molecule has 0 aromatic heterocycles. The normalized spacial score (nSPS) is 11.8. The van der Waals surface area contributed by atoms with Crippen molar-refractivity contribution in [1.82, 2.24) is 5.32 Å². The third-order valence-corrected chi connectivity index (χ3v) is 3.55. The summed E-state index contributed by atoms with van der Waals surface area (Å²) in [7, 11) is 1.48. The summed E-state index contributed by atoms with van der Waals surface area (Å²) in [6, 6.07) is 14.6. The summed E-state index contributed by atoms with van der Waals surface area (Å²) in [6.45, 7) is 0.141. The average Bonchev–Trinajstić information content (AvgIpc) is 2.53. The summed E-state index contributed by atoms with van der Waals surface area (Å²) in [5.41, 5.74) is 1.29. The number of nitrogens with one attached hydrogen (secondary N) is 1. The average molecular weight is 320 g/mol. The number of rotatable bonds is 6. The van der Waals surface area contributed by atoms with Gasteiger partial charge in [0, 0.05) is 13.0 Å². The molecule has 2 aromatic carbocycles. The maximum Gasteiger partial charge on any atom is 0.256 e. The summed E-state index contributed by atoms with van der Waals surface area (Å²) in [5.74, 6) is 0.0390. The number of hydrogen-bond donors (Lipinski definition) is 2. The first kappa shape index (κ1) is 16.3.